The lowest BCUT2D eigenvalue weighted by atomic mass is 9.92. The number of nitrogens with zero attached hydrogens (tertiary/aromatic N) is 1. The first-order valence-corrected chi connectivity index (χ1v) is 7.87. The number of carbonyl (C=O) groups is 1. The van der Waals surface area contributed by atoms with Gasteiger partial charge in [0.05, 0.1) is 0 Å². The Morgan fingerprint density at radius 2 is 2.00 bits per heavy atom. The van der Waals surface area contributed by atoms with Crippen LogP contribution in [-0.2, 0) is 4.79 Å². The molecule has 2 aliphatic rings. The van der Waals surface area contributed by atoms with Crippen LogP contribution < -0.4 is 5.32 Å². The van der Waals surface area contributed by atoms with Gasteiger partial charge in [0.1, 0.15) is 0 Å². The number of carboxylic acid groups (broad SMARTS) is 1. The molecule has 0 radical (unpaired) electrons. The summed E-state index contributed by atoms with van der Waals surface area (Å²) < 4.78 is 0. The minimum Gasteiger partial charge on any atom is -0.481 e. The van der Waals surface area contributed by atoms with Gasteiger partial charge in [-0.3, -0.25) is 9.69 Å². The molecule has 2 fully saturated rings. The van der Waals surface area contributed by atoms with E-state index < -0.39 is 5.97 Å². The monoisotopic (exact) mass is 268 g/mol. The summed E-state index contributed by atoms with van der Waals surface area (Å²) in [5, 5.41) is 12.5. The highest BCUT2D eigenvalue weighted by Crippen LogP contribution is 2.26. The zero-order chi connectivity index (χ0) is 13.7. The fourth-order valence-corrected chi connectivity index (χ4v) is 3.53. The first-order chi connectivity index (χ1) is 9.16. The normalized spacial score (nSPS) is 31.0. The Labute approximate surface area is 116 Å². The summed E-state index contributed by atoms with van der Waals surface area (Å²) in [7, 11) is 0. The van der Waals surface area contributed by atoms with Crippen LogP contribution in [0.15, 0.2) is 0 Å². The molecular formula is C15H28N2O2. The van der Waals surface area contributed by atoms with Gasteiger partial charge >= 0.3 is 5.97 Å². The van der Waals surface area contributed by atoms with E-state index in [2.05, 4.69) is 17.1 Å². The van der Waals surface area contributed by atoms with E-state index in [0.717, 1.165) is 19.5 Å². The Kier molecular flexibility index (Phi) is 5.64. The van der Waals surface area contributed by atoms with Crippen molar-refractivity contribution in [3.8, 4) is 0 Å². The standard InChI is InChI=1S/C15H28N2O2/c1-12-9-10-17(13-5-3-2-4-6-13)14(11-16-12)7-8-15(18)19/h12-14,16H,2-11H2,1H3,(H,18,19). The number of rotatable bonds is 4. The van der Waals surface area contributed by atoms with Crippen molar-refractivity contribution in [3.05, 3.63) is 0 Å². The maximum atomic E-state index is 10.8. The average Bonchev–Trinajstić information content (AvgIpc) is 2.59. The highest BCUT2D eigenvalue weighted by atomic mass is 16.4. The molecule has 1 aliphatic heterocycles. The number of aliphatic carboxylic acids is 1. The largest absolute Gasteiger partial charge is 0.481 e. The molecule has 1 saturated carbocycles. The van der Waals surface area contributed by atoms with E-state index in [0.29, 0.717) is 24.5 Å². The van der Waals surface area contributed by atoms with Crippen LogP contribution in [0.5, 0.6) is 0 Å². The van der Waals surface area contributed by atoms with Crippen molar-refractivity contribution in [3.63, 3.8) is 0 Å². The van der Waals surface area contributed by atoms with Gasteiger partial charge in [0.2, 0.25) is 0 Å². The molecule has 1 heterocycles. The van der Waals surface area contributed by atoms with Gasteiger partial charge in [0, 0.05) is 37.6 Å². The Morgan fingerprint density at radius 3 is 2.68 bits per heavy atom. The van der Waals surface area contributed by atoms with Crippen LogP contribution in [0.4, 0.5) is 0 Å². The van der Waals surface area contributed by atoms with Gasteiger partial charge in [-0.1, -0.05) is 19.3 Å². The lowest BCUT2D eigenvalue weighted by Crippen LogP contribution is -2.47. The number of hydrogen-bond acceptors (Lipinski definition) is 3. The molecule has 0 spiro atoms. The number of carboxylic acids is 1. The second-order valence-corrected chi connectivity index (χ2v) is 6.21. The van der Waals surface area contributed by atoms with E-state index in [1.54, 1.807) is 0 Å². The summed E-state index contributed by atoms with van der Waals surface area (Å²) >= 11 is 0. The molecule has 19 heavy (non-hydrogen) atoms. The summed E-state index contributed by atoms with van der Waals surface area (Å²) in [6.07, 6.45) is 8.93. The molecule has 4 heteroatoms. The van der Waals surface area contributed by atoms with Crippen LogP contribution in [0.2, 0.25) is 0 Å². The Balaban J connectivity index is 1.97. The average molecular weight is 268 g/mol. The Morgan fingerprint density at radius 1 is 1.26 bits per heavy atom. The van der Waals surface area contributed by atoms with Crippen LogP contribution in [0.1, 0.15) is 58.3 Å². The molecule has 0 aromatic rings. The molecule has 0 aromatic heterocycles. The third-order valence-corrected chi connectivity index (χ3v) is 4.73. The third-order valence-electron chi connectivity index (χ3n) is 4.73. The summed E-state index contributed by atoms with van der Waals surface area (Å²) in [5.74, 6) is -0.666. The smallest absolute Gasteiger partial charge is 0.303 e. The Hall–Kier alpha value is -0.610. The third kappa shape index (κ3) is 4.46. The van der Waals surface area contributed by atoms with Gasteiger partial charge in [-0.05, 0) is 32.6 Å². The van der Waals surface area contributed by atoms with Crippen LogP contribution in [-0.4, -0.2) is 47.2 Å². The van der Waals surface area contributed by atoms with Crippen molar-refractivity contribution in [1.82, 2.24) is 10.2 Å². The number of nitrogens with one attached hydrogen (secondary N) is 1. The van der Waals surface area contributed by atoms with E-state index in [1.165, 1.54) is 38.5 Å². The van der Waals surface area contributed by atoms with E-state index in [9.17, 15) is 4.79 Å². The predicted molar refractivity (Wildman–Crippen MR) is 76.3 cm³/mol. The molecule has 110 valence electrons. The zero-order valence-corrected chi connectivity index (χ0v) is 12.1. The van der Waals surface area contributed by atoms with Crippen molar-refractivity contribution in [2.45, 2.75) is 76.4 Å². The topological polar surface area (TPSA) is 52.6 Å². The lowest BCUT2D eigenvalue weighted by Gasteiger charge is -2.38. The van der Waals surface area contributed by atoms with Crippen LogP contribution in [0, 0.1) is 0 Å². The maximum absolute atomic E-state index is 10.8. The van der Waals surface area contributed by atoms with Gasteiger partial charge in [-0.2, -0.15) is 0 Å². The van der Waals surface area contributed by atoms with Crippen molar-refractivity contribution in [1.29, 1.82) is 0 Å². The molecule has 1 saturated heterocycles. The molecule has 0 amide bonds. The van der Waals surface area contributed by atoms with Gasteiger partial charge < -0.3 is 10.4 Å². The zero-order valence-electron chi connectivity index (χ0n) is 12.1. The van der Waals surface area contributed by atoms with Gasteiger partial charge in [0.25, 0.3) is 0 Å². The quantitative estimate of drug-likeness (QED) is 0.821. The second-order valence-electron chi connectivity index (χ2n) is 6.21. The fourth-order valence-electron chi connectivity index (χ4n) is 3.53. The molecule has 4 nitrogen and oxygen atoms in total. The maximum Gasteiger partial charge on any atom is 0.303 e. The summed E-state index contributed by atoms with van der Waals surface area (Å²) in [4.78, 5) is 13.5. The number of hydrogen-bond donors (Lipinski definition) is 2. The van der Waals surface area contributed by atoms with E-state index in [-0.39, 0.29) is 0 Å². The van der Waals surface area contributed by atoms with E-state index >= 15 is 0 Å². The van der Waals surface area contributed by atoms with Gasteiger partial charge in [0.15, 0.2) is 0 Å². The van der Waals surface area contributed by atoms with Gasteiger partial charge in [-0.25, -0.2) is 0 Å². The highest BCUT2D eigenvalue weighted by Gasteiger charge is 2.30. The first-order valence-electron chi connectivity index (χ1n) is 7.87. The van der Waals surface area contributed by atoms with Gasteiger partial charge in [-0.15, -0.1) is 0 Å². The predicted octanol–water partition coefficient (Wildman–Crippen LogP) is 2.24. The molecule has 2 atom stereocenters. The summed E-state index contributed by atoms with van der Waals surface area (Å²) in [6.45, 7) is 4.31. The van der Waals surface area contributed by atoms with Crippen LogP contribution in [0.25, 0.3) is 0 Å². The SMILES string of the molecule is CC1CCN(C2CCCCC2)C(CCC(=O)O)CN1. The molecule has 2 rings (SSSR count). The molecular weight excluding hydrogens is 240 g/mol. The van der Waals surface area contributed by atoms with E-state index in [4.69, 9.17) is 5.11 Å². The van der Waals surface area contributed by atoms with Crippen molar-refractivity contribution in [2.24, 2.45) is 0 Å². The Bertz CT molecular complexity index is 290. The molecule has 2 unspecified atom stereocenters. The minimum absolute atomic E-state index is 0.296. The molecule has 0 bridgehead atoms. The lowest BCUT2D eigenvalue weighted by molar-refractivity contribution is -0.137. The van der Waals surface area contributed by atoms with Crippen molar-refractivity contribution < 1.29 is 9.90 Å². The van der Waals surface area contributed by atoms with Crippen LogP contribution in [0.3, 0.4) is 0 Å². The van der Waals surface area contributed by atoms with Crippen molar-refractivity contribution >= 4 is 5.97 Å². The molecule has 0 aromatic carbocycles. The minimum atomic E-state index is -0.666. The van der Waals surface area contributed by atoms with Crippen LogP contribution >= 0.6 is 0 Å². The van der Waals surface area contributed by atoms with E-state index in [1.807, 2.05) is 0 Å². The highest BCUT2D eigenvalue weighted by molar-refractivity contribution is 5.66. The fraction of sp³-hybridized carbons (Fsp3) is 0.933. The van der Waals surface area contributed by atoms with Crippen molar-refractivity contribution in [2.75, 3.05) is 13.1 Å². The second kappa shape index (κ2) is 7.25. The molecule has 2 N–H and O–H groups in total. The first kappa shape index (κ1) is 14.8. The summed E-state index contributed by atoms with van der Waals surface area (Å²) in [5.41, 5.74) is 0. The molecule has 1 aliphatic carbocycles. The summed E-state index contributed by atoms with van der Waals surface area (Å²) in [6, 6.07) is 1.66.